The molecule has 2 amide bonds. The molecule has 0 aliphatic heterocycles. The largest absolute Gasteiger partial charge is 0.344 e. The Bertz CT molecular complexity index is 779. The van der Waals surface area contributed by atoms with Gasteiger partial charge in [-0.2, -0.15) is 5.26 Å². The molecule has 128 valence electrons. The van der Waals surface area contributed by atoms with Crippen molar-refractivity contribution in [1.82, 2.24) is 5.32 Å². The van der Waals surface area contributed by atoms with E-state index in [-0.39, 0.29) is 24.2 Å². The maximum absolute atomic E-state index is 12.5. The topological polar surface area (TPSA) is 82.0 Å². The van der Waals surface area contributed by atoms with Gasteiger partial charge in [0.05, 0.1) is 18.1 Å². The van der Waals surface area contributed by atoms with E-state index in [0.29, 0.717) is 11.3 Å². The molecule has 1 atom stereocenters. The van der Waals surface area contributed by atoms with Crippen molar-refractivity contribution >= 4 is 17.5 Å². The van der Waals surface area contributed by atoms with Gasteiger partial charge in [-0.3, -0.25) is 9.59 Å². The summed E-state index contributed by atoms with van der Waals surface area (Å²) in [5.41, 5.74) is 1.89. The van der Waals surface area contributed by atoms with E-state index >= 15 is 0 Å². The quantitative estimate of drug-likeness (QED) is 0.851. The second-order valence-electron chi connectivity index (χ2n) is 6.13. The Hall–Kier alpha value is -3.13. The van der Waals surface area contributed by atoms with E-state index in [1.165, 1.54) is 0 Å². The second-order valence-corrected chi connectivity index (χ2v) is 6.13. The molecule has 25 heavy (non-hydrogen) atoms. The van der Waals surface area contributed by atoms with Gasteiger partial charge in [0.25, 0.3) is 0 Å². The predicted molar refractivity (Wildman–Crippen MR) is 96.7 cm³/mol. The van der Waals surface area contributed by atoms with Gasteiger partial charge in [-0.05, 0) is 29.7 Å². The molecular weight excluding hydrogens is 314 g/mol. The summed E-state index contributed by atoms with van der Waals surface area (Å²) in [6.45, 7) is 3.75. The summed E-state index contributed by atoms with van der Waals surface area (Å²) >= 11 is 0. The fourth-order valence-electron chi connectivity index (χ4n) is 2.43. The second kappa shape index (κ2) is 8.65. The average molecular weight is 335 g/mol. The van der Waals surface area contributed by atoms with E-state index in [1.807, 2.05) is 50.2 Å². The smallest absolute Gasteiger partial charge is 0.247 e. The monoisotopic (exact) mass is 335 g/mol. The molecule has 5 heteroatoms. The number of nitrogens with zero attached hydrogens (tertiary/aromatic N) is 1. The number of rotatable bonds is 6. The van der Waals surface area contributed by atoms with Crippen molar-refractivity contribution in [3.63, 3.8) is 0 Å². The highest BCUT2D eigenvalue weighted by Gasteiger charge is 2.24. The number of benzene rings is 2. The minimum atomic E-state index is -0.651. The van der Waals surface area contributed by atoms with Gasteiger partial charge in [-0.25, -0.2) is 0 Å². The van der Waals surface area contributed by atoms with Crippen molar-refractivity contribution in [3.05, 3.63) is 65.7 Å². The molecule has 2 N–H and O–H groups in total. The normalized spacial score (nSPS) is 11.4. The fraction of sp³-hybridized carbons (Fsp3) is 0.250. The maximum atomic E-state index is 12.5. The molecule has 2 aromatic rings. The highest BCUT2D eigenvalue weighted by molar-refractivity contribution is 5.97. The van der Waals surface area contributed by atoms with Gasteiger partial charge in [0.2, 0.25) is 11.8 Å². The minimum Gasteiger partial charge on any atom is -0.344 e. The van der Waals surface area contributed by atoms with Gasteiger partial charge >= 0.3 is 0 Å². The first-order valence-corrected chi connectivity index (χ1v) is 8.14. The van der Waals surface area contributed by atoms with Crippen LogP contribution in [-0.4, -0.2) is 17.9 Å². The van der Waals surface area contributed by atoms with Crippen LogP contribution in [0.1, 0.15) is 25.0 Å². The summed E-state index contributed by atoms with van der Waals surface area (Å²) in [7, 11) is 0. The Labute approximate surface area is 147 Å². The number of hydrogen-bond acceptors (Lipinski definition) is 3. The van der Waals surface area contributed by atoms with Crippen molar-refractivity contribution in [3.8, 4) is 6.07 Å². The summed E-state index contributed by atoms with van der Waals surface area (Å²) < 4.78 is 0. The van der Waals surface area contributed by atoms with Gasteiger partial charge in [0.15, 0.2) is 0 Å². The zero-order valence-corrected chi connectivity index (χ0v) is 14.3. The van der Waals surface area contributed by atoms with Crippen LogP contribution < -0.4 is 10.6 Å². The first-order valence-electron chi connectivity index (χ1n) is 8.14. The van der Waals surface area contributed by atoms with Crippen LogP contribution in [0.3, 0.4) is 0 Å². The molecule has 0 aromatic heterocycles. The Morgan fingerprint density at radius 2 is 1.80 bits per heavy atom. The van der Waals surface area contributed by atoms with Crippen LogP contribution in [0.25, 0.3) is 0 Å². The molecule has 2 rings (SSSR count). The number of carbonyl (C=O) groups excluding carboxylic acids is 2. The highest BCUT2D eigenvalue weighted by Crippen LogP contribution is 2.12. The van der Waals surface area contributed by atoms with Crippen LogP contribution >= 0.6 is 0 Å². The number of carbonyl (C=O) groups is 2. The minimum absolute atomic E-state index is 0.0705. The van der Waals surface area contributed by atoms with E-state index in [2.05, 4.69) is 10.6 Å². The third-order valence-electron chi connectivity index (χ3n) is 3.73. The summed E-state index contributed by atoms with van der Waals surface area (Å²) in [5, 5.41) is 14.5. The molecule has 0 aliphatic rings. The van der Waals surface area contributed by atoms with Crippen LogP contribution in [-0.2, 0) is 16.0 Å². The predicted octanol–water partition coefficient (Wildman–Crippen LogP) is 2.88. The number of hydrogen-bond donors (Lipinski definition) is 2. The molecule has 0 unspecified atom stereocenters. The molecule has 0 bridgehead atoms. The molecular formula is C20H21N3O2. The summed E-state index contributed by atoms with van der Waals surface area (Å²) in [5.74, 6) is -0.573. The average Bonchev–Trinajstić information content (AvgIpc) is 2.60. The highest BCUT2D eigenvalue weighted by atomic mass is 16.2. The Balaban J connectivity index is 2.02. The molecule has 0 fully saturated rings. The lowest BCUT2D eigenvalue weighted by Gasteiger charge is -2.22. The Morgan fingerprint density at radius 1 is 1.08 bits per heavy atom. The number of nitrogens with one attached hydrogen (secondary N) is 2. The van der Waals surface area contributed by atoms with Crippen LogP contribution in [0.15, 0.2) is 54.6 Å². The first kappa shape index (κ1) is 18.2. The molecule has 2 aromatic carbocycles. The van der Waals surface area contributed by atoms with Gasteiger partial charge in [0, 0.05) is 5.69 Å². The third kappa shape index (κ3) is 5.47. The lowest BCUT2D eigenvalue weighted by molar-refractivity contribution is -0.127. The number of amides is 2. The molecule has 0 spiro atoms. The van der Waals surface area contributed by atoms with Crippen molar-refractivity contribution in [2.45, 2.75) is 26.3 Å². The fourth-order valence-corrected chi connectivity index (χ4v) is 2.43. The summed E-state index contributed by atoms with van der Waals surface area (Å²) in [6.07, 6.45) is 0.223. The van der Waals surface area contributed by atoms with E-state index in [0.717, 1.165) is 5.56 Å². The number of anilines is 1. The lowest BCUT2D eigenvalue weighted by Crippen LogP contribution is -2.47. The molecule has 0 radical (unpaired) electrons. The van der Waals surface area contributed by atoms with Crippen LogP contribution in [0.4, 0.5) is 5.69 Å². The zero-order valence-electron chi connectivity index (χ0n) is 14.3. The van der Waals surface area contributed by atoms with Gasteiger partial charge in [-0.1, -0.05) is 50.2 Å². The van der Waals surface area contributed by atoms with E-state index < -0.39 is 6.04 Å². The molecule has 5 nitrogen and oxygen atoms in total. The number of nitriles is 1. The van der Waals surface area contributed by atoms with Gasteiger partial charge < -0.3 is 10.6 Å². The molecule has 0 heterocycles. The molecule has 0 saturated heterocycles. The van der Waals surface area contributed by atoms with Gasteiger partial charge in [0.1, 0.15) is 6.04 Å². The van der Waals surface area contributed by atoms with Crippen LogP contribution in [0.5, 0.6) is 0 Å². The van der Waals surface area contributed by atoms with Crippen molar-refractivity contribution < 1.29 is 9.59 Å². The Morgan fingerprint density at radius 3 is 2.44 bits per heavy atom. The van der Waals surface area contributed by atoms with Crippen molar-refractivity contribution in [1.29, 1.82) is 5.26 Å². The SMILES string of the molecule is CC(C)[C@H](NC(=O)Cc1ccccc1)C(=O)Nc1cccc(C#N)c1. The Kier molecular flexibility index (Phi) is 6.30. The van der Waals surface area contributed by atoms with Crippen molar-refractivity contribution in [2.24, 2.45) is 5.92 Å². The summed E-state index contributed by atoms with van der Waals surface area (Å²) in [4.78, 5) is 24.8. The van der Waals surface area contributed by atoms with Crippen LogP contribution in [0, 0.1) is 17.2 Å². The van der Waals surface area contributed by atoms with E-state index in [9.17, 15) is 9.59 Å². The third-order valence-corrected chi connectivity index (χ3v) is 3.73. The van der Waals surface area contributed by atoms with Gasteiger partial charge in [-0.15, -0.1) is 0 Å². The van der Waals surface area contributed by atoms with E-state index in [4.69, 9.17) is 5.26 Å². The van der Waals surface area contributed by atoms with Crippen LogP contribution in [0.2, 0.25) is 0 Å². The first-order chi connectivity index (χ1) is 12.0. The standard InChI is InChI=1S/C20H21N3O2/c1-14(2)19(23-18(24)12-15-7-4-3-5-8-15)20(25)22-17-10-6-9-16(11-17)13-21/h3-11,14,19H,12H2,1-2H3,(H,22,25)(H,23,24)/t19-/m0/s1. The van der Waals surface area contributed by atoms with Crippen molar-refractivity contribution in [2.75, 3.05) is 5.32 Å². The lowest BCUT2D eigenvalue weighted by atomic mass is 10.0. The maximum Gasteiger partial charge on any atom is 0.247 e. The van der Waals surface area contributed by atoms with E-state index in [1.54, 1.807) is 24.3 Å². The molecule has 0 saturated carbocycles. The zero-order chi connectivity index (χ0) is 18.2. The molecule has 0 aliphatic carbocycles. The summed E-state index contributed by atoms with van der Waals surface area (Å²) in [6, 6.07) is 17.4.